The molecule has 0 aliphatic carbocycles. The molecule has 0 amide bonds. The minimum atomic E-state index is -0.842. The molecule has 0 radical (unpaired) electrons. The van der Waals surface area contributed by atoms with E-state index in [4.69, 9.17) is 42.1 Å². The number of pyridine rings is 1. The summed E-state index contributed by atoms with van der Waals surface area (Å²) in [4.78, 5) is 33.7. The second-order valence-electron chi connectivity index (χ2n) is 12.5. The lowest BCUT2D eigenvalue weighted by Gasteiger charge is -2.44. The number of nitrogens with zero attached hydrogens (tertiary/aromatic N) is 2. The number of rotatable bonds is 13. The number of hydrogen-bond donors (Lipinski definition) is 1. The highest BCUT2D eigenvalue weighted by Gasteiger charge is 2.38. The molecule has 50 heavy (non-hydrogen) atoms. The maximum atomic E-state index is 13.8. The van der Waals surface area contributed by atoms with Crippen LogP contribution in [0.25, 0.3) is 0 Å². The third-order valence-corrected chi connectivity index (χ3v) is 10.00. The molecule has 3 fully saturated rings. The lowest BCUT2D eigenvalue weighted by atomic mass is 9.86. The zero-order valence-corrected chi connectivity index (χ0v) is 29.3. The highest BCUT2D eigenvalue weighted by Crippen LogP contribution is 2.36. The Morgan fingerprint density at radius 2 is 1.64 bits per heavy atom. The summed E-state index contributed by atoms with van der Waals surface area (Å²) in [5.74, 6) is -0.0676. The molecule has 1 N–H and O–H groups in total. The number of fused-ring (bicyclic) bond motifs is 3. The van der Waals surface area contributed by atoms with Crippen LogP contribution in [0.4, 0.5) is 4.39 Å². The summed E-state index contributed by atoms with van der Waals surface area (Å²) in [5, 5.41) is 3.97. The van der Waals surface area contributed by atoms with Gasteiger partial charge in [-0.05, 0) is 90.5 Å². The van der Waals surface area contributed by atoms with Crippen molar-refractivity contribution in [3.05, 3.63) is 123 Å². The molecule has 7 rings (SSSR count). The number of hydrogen-bond acceptors (Lipinski definition) is 9. The summed E-state index contributed by atoms with van der Waals surface area (Å²) < 4.78 is 36.9. The van der Waals surface area contributed by atoms with Crippen molar-refractivity contribution >= 4 is 35.1 Å². The van der Waals surface area contributed by atoms with Crippen LogP contribution < -0.4 is 14.8 Å². The highest BCUT2D eigenvalue weighted by atomic mass is 35.5. The van der Waals surface area contributed by atoms with Crippen LogP contribution >= 0.6 is 23.2 Å². The summed E-state index contributed by atoms with van der Waals surface area (Å²) >= 11 is 12.9. The van der Waals surface area contributed by atoms with Gasteiger partial charge >= 0.3 is 11.9 Å². The van der Waals surface area contributed by atoms with Crippen LogP contribution in [0.15, 0.2) is 79.1 Å². The van der Waals surface area contributed by atoms with Crippen LogP contribution in [0.3, 0.4) is 0 Å². The smallest absolute Gasteiger partial charge is 0.338 e. The third-order valence-electron chi connectivity index (χ3n) is 9.35. The number of carbonyl (C=O) groups excluding carboxylic acids is 2. The highest BCUT2D eigenvalue weighted by molar-refractivity contribution is 6.35. The number of carbonyl (C=O) groups is 2. The second-order valence-corrected chi connectivity index (χ2v) is 13.3. The van der Waals surface area contributed by atoms with E-state index in [1.54, 1.807) is 48.5 Å². The van der Waals surface area contributed by atoms with Gasteiger partial charge in [0.25, 0.3) is 0 Å². The van der Waals surface area contributed by atoms with Crippen molar-refractivity contribution < 1.29 is 32.9 Å². The standard InChI is InChI=1S/C38H38Cl2FN3O6/c1-47-32-11-8-26(17-34(32)48-2)33(18-29-30(39)20-42-21-31(29)40)49-37(45)27-5-3-4-23(16-27)19-43-36(25-6-9-28(41)10-7-25)38(46)50-35-22-44-14-12-24(35)13-15-44/h3-11,16-17,20-21,24,33,35-36,43H,12-15,18-19,22H2,1-2H3/t33-,35-,36?/m0/s1. The predicted octanol–water partition coefficient (Wildman–Crippen LogP) is 7.15. The first kappa shape index (κ1) is 35.6. The molecule has 2 bridgehead atoms. The van der Waals surface area contributed by atoms with E-state index in [0.717, 1.165) is 38.0 Å². The number of methoxy groups -OCH3 is 2. The second kappa shape index (κ2) is 16.2. The van der Waals surface area contributed by atoms with Crippen molar-refractivity contribution in [3.63, 3.8) is 0 Å². The van der Waals surface area contributed by atoms with Crippen LogP contribution in [0, 0.1) is 11.7 Å². The molecular formula is C38H38Cl2FN3O6. The normalized spacial score (nSPS) is 19.3. The molecule has 3 aromatic carbocycles. The topological polar surface area (TPSA) is 99.2 Å². The molecule has 4 heterocycles. The van der Waals surface area contributed by atoms with Crippen molar-refractivity contribution in [2.45, 2.75) is 44.1 Å². The molecule has 0 saturated carbocycles. The minimum Gasteiger partial charge on any atom is -0.493 e. The van der Waals surface area contributed by atoms with Crippen LogP contribution in [0.2, 0.25) is 10.0 Å². The first-order valence-corrected chi connectivity index (χ1v) is 17.2. The Kier molecular flexibility index (Phi) is 11.5. The van der Waals surface area contributed by atoms with Crippen LogP contribution in [-0.4, -0.2) is 61.8 Å². The number of aromatic nitrogens is 1. The van der Waals surface area contributed by atoms with Crippen molar-refractivity contribution in [1.29, 1.82) is 0 Å². The van der Waals surface area contributed by atoms with E-state index in [-0.39, 0.29) is 19.1 Å². The zero-order valence-electron chi connectivity index (χ0n) is 27.7. The predicted molar refractivity (Wildman–Crippen MR) is 187 cm³/mol. The van der Waals surface area contributed by atoms with Crippen LogP contribution in [0.5, 0.6) is 11.5 Å². The van der Waals surface area contributed by atoms with Crippen molar-refractivity contribution in [2.24, 2.45) is 5.92 Å². The van der Waals surface area contributed by atoms with Gasteiger partial charge in [-0.1, -0.05) is 53.5 Å². The van der Waals surface area contributed by atoms with Crippen molar-refractivity contribution in [2.75, 3.05) is 33.9 Å². The fraction of sp³-hybridized carbons (Fsp3) is 0.342. The number of ether oxygens (including phenoxy) is 4. The lowest BCUT2D eigenvalue weighted by Crippen LogP contribution is -2.52. The SMILES string of the molecule is COc1ccc([C@H](Cc2c(Cl)cncc2Cl)OC(=O)c2cccc(CNC(C(=O)O[C@H]3CN4CCC3CC4)c3ccc(F)cc3)c2)cc1OC. The Morgan fingerprint density at radius 1 is 0.940 bits per heavy atom. The van der Waals surface area contributed by atoms with Gasteiger partial charge in [0.05, 0.1) is 29.8 Å². The van der Waals surface area contributed by atoms with E-state index in [2.05, 4.69) is 15.2 Å². The Balaban J connectivity index is 1.20. The maximum absolute atomic E-state index is 13.8. The van der Waals surface area contributed by atoms with Gasteiger partial charge in [-0.2, -0.15) is 0 Å². The van der Waals surface area contributed by atoms with Gasteiger partial charge in [0, 0.05) is 31.9 Å². The molecule has 12 heteroatoms. The largest absolute Gasteiger partial charge is 0.493 e. The molecule has 3 atom stereocenters. The van der Waals surface area contributed by atoms with Gasteiger partial charge in [-0.3, -0.25) is 15.2 Å². The number of piperidine rings is 3. The van der Waals surface area contributed by atoms with E-state index in [1.165, 1.54) is 38.7 Å². The quantitative estimate of drug-likeness (QED) is 0.144. The van der Waals surface area contributed by atoms with Gasteiger partial charge in [0.15, 0.2) is 11.5 Å². The van der Waals surface area contributed by atoms with E-state index in [1.807, 2.05) is 6.07 Å². The summed E-state index contributed by atoms with van der Waals surface area (Å²) in [6, 6.07) is 17.2. The Morgan fingerprint density at radius 3 is 2.30 bits per heavy atom. The van der Waals surface area contributed by atoms with Gasteiger partial charge < -0.3 is 18.9 Å². The monoisotopic (exact) mass is 721 g/mol. The number of benzene rings is 3. The lowest BCUT2D eigenvalue weighted by molar-refractivity contribution is -0.161. The van der Waals surface area contributed by atoms with E-state index in [9.17, 15) is 14.0 Å². The van der Waals surface area contributed by atoms with Crippen LogP contribution in [0.1, 0.15) is 57.6 Å². The first-order chi connectivity index (χ1) is 24.2. The Labute approximate surface area is 300 Å². The maximum Gasteiger partial charge on any atom is 0.338 e. The first-order valence-electron chi connectivity index (χ1n) is 16.4. The molecule has 4 aromatic rings. The van der Waals surface area contributed by atoms with Gasteiger partial charge in [-0.25, -0.2) is 14.0 Å². The summed E-state index contributed by atoms with van der Waals surface area (Å²) in [5.41, 5.74) is 2.83. The molecular weight excluding hydrogens is 684 g/mol. The van der Waals surface area contributed by atoms with Gasteiger partial charge in [0.2, 0.25) is 0 Å². The Hall–Kier alpha value is -4.22. The molecule has 1 aromatic heterocycles. The minimum absolute atomic E-state index is 0.170. The number of nitrogens with one attached hydrogen (secondary N) is 1. The molecule has 1 unspecified atom stereocenters. The van der Waals surface area contributed by atoms with Crippen molar-refractivity contribution in [1.82, 2.24) is 15.2 Å². The molecule has 262 valence electrons. The van der Waals surface area contributed by atoms with E-state index >= 15 is 0 Å². The fourth-order valence-corrected chi connectivity index (χ4v) is 7.10. The average molecular weight is 723 g/mol. The fourth-order valence-electron chi connectivity index (χ4n) is 6.58. The van der Waals surface area contributed by atoms with E-state index < -0.39 is 29.9 Å². The van der Waals surface area contributed by atoms with Crippen LogP contribution in [-0.2, 0) is 27.2 Å². The summed E-state index contributed by atoms with van der Waals surface area (Å²) in [6.07, 6.45) is 4.17. The number of esters is 2. The molecule has 3 aliphatic heterocycles. The summed E-state index contributed by atoms with van der Waals surface area (Å²) in [6.45, 7) is 3.00. The molecule has 9 nitrogen and oxygen atoms in total. The third kappa shape index (κ3) is 8.38. The van der Waals surface area contributed by atoms with Gasteiger partial charge in [0.1, 0.15) is 24.1 Å². The summed E-state index contributed by atoms with van der Waals surface area (Å²) in [7, 11) is 3.06. The van der Waals surface area contributed by atoms with Crippen molar-refractivity contribution in [3.8, 4) is 11.5 Å². The molecule has 3 saturated heterocycles. The van der Waals surface area contributed by atoms with Gasteiger partial charge in [-0.15, -0.1) is 0 Å². The number of halogens is 3. The zero-order chi connectivity index (χ0) is 35.2. The van der Waals surface area contributed by atoms with E-state index in [0.29, 0.717) is 49.7 Å². The molecule has 3 aliphatic rings. The average Bonchev–Trinajstić information content (AvgIpc) is 3.13. The Bertz CT molecular complexity index is 1800. The molecule has 0 spiro atoms.